The summed E-state index contributed by atoms with van der Waals surface area (Å²) in [6, 6.07) is 5.49. The molecule has 0 unspecified atom stereocenters. The summed E-state index contributed by atoms with van der Waals surface area (Å²) in [4.78, 5) is 0. The van der Waals surface area contributed by atoms with Gasteiger partial charge < -0.3 is 15.2 Å². The highest BCUT2D eigenvalue weighted by molar-refractivity contribution is 5.72. The number of halogens is 3. The summed E-state index contributed by atoms with van der Waals surface area (Å²) in [5.74, 6) is 0.563. The van der Waals surface area contributed by atoms with Crippen molar-refractivity contribution in [2.24, 2.45) is 0 Å². The summed E-state index contributed by atoms with van der Waals surface area (Å²) < 4.78 is 46.4. The number of allylic oxidation sites excluding steroid dienone is 4. The fraction of sp³-hybridized carbons (Fsp3) is 0.444. The molecule has 3 nitrogen and oxygen atoms in total. The third-order valence-electron chi connectivity index (χ3n) is 3.94. The van der Waals surface area contributed by atoms with Gasteiger partial charge in [0.25, 0.3) is 0 Å². The number of rotatable bonds is 6. The average Bonchev–Trinajstić information content (AvgIpc) is 2.53. The van der Waals surface area contributed by atoms with Crippen LogP contribution < -0.4 is 10.5 Å². The van der Waals surface area contributed by atoms with Crippen molar-refractivity contribution in [3.63, 3.8) is 0 Å². The van der Waals surface area contributed by atoms with E-state index >= 15 is 0 Å². The molecule has 0 bridgehead atoms. The van der Waals surface area contributed by atoms with E-state index in [1.165, 1.54) is 6.08 Å². The standard InChI is InChI=1S/C18H22F3NO2/c1-3-14(4-2)23-17-10-7-13(11-16(17)22)12-5-8-15(9-6-12)24-18(19,20)21/h5,7-8,10-11,14H,3-4,6,9,22H2,1-2H3. The number of anilines is 1. The van der Waals surface area contributed by atoms with Crippen molar-refractivity contribution in [2.75, 3.05) is 5.73 Å². The van der Waals surface area contributed by atoms with Crippen LogP contribution in [0, 0.1) is 0 Å². The highest BCUT2D eigenvalue weighted by Crippen LogP contribution is 2.34. The van der Waals surface area contributed by atoms with Gasteiger partial charge in [-0.3, -0.25) is 0 Å². The van der Waals surface area contributed by atoms with Gasteiger partial charge in [0.15, 0.2) is 0 Å². The minimum atomic E-state index is -4.64. The van der Waals surface area contributed by atoms with Gasteiger partial charge in [0.2, 0.25) is 0 Å². The van der Waals surface area contributed by atoms with Crippen molar-refractivity contribution < 1.29 is 22.6 Å². The molecule has 24 heavy (non-hydrogen) atoms. The fourth-order valence-corrected chi connectivity index (χ4v) is 2.58. The van der Waals surface area contributed by atoms with Crippen LogP contribution in [0.1, 0.15) is 45.1 Å². The topological polar surface area (TPSA) is 44.5 Å². The molecule has 0 heterocycles. The Labute approximate surface area is 139 Å². The quantitative estimate of drug-likeness (QED) is 0.701. The van der Waals surface area contributed by atoms with Gasteiger partial charge in [0.1, 0.15) is 11.5 Å². The maximum absolute atomic E-state index is 12.2. The molecule has 0 saturated carbocycles. The molecule has 0 fully saturated rings. The predicted molar refractivity (Wildman–Crippen MR) is 88.3 cm³/mol. The van der Waals surface area contributed by atoms with E-state index in [-0.39, 0.29) is 18.3 Å². The van der Waals surface area contributed by atoms with Crippen LogP contribution in [0.25, 0.3) is 5.57 Å². The van der Waals surface area contributed by atoms with Crippen LogP contribution in [-0.2, 0) is 4.74 Å². The Morgan fingerprint density at radius 3 is 2.33 bits per heavy atom. The average molecular weight is 341 g/mol. The molecule has 1 aromatic carbocycles. The van der Waals surface area contributed by atoms with Gasteiger partial charge in [-0.2, -0.15) is 0 Å². The van der Waals surface area contributed by atoms with Gasteiger partial charge in [-0.1, -0.05) is 26.0 Å². The Balaban J connectivity index is 2.12. The van der Waals surface area contributed by atoms with Gasteiger partial charge in [0.05, 0.1) is 11.8 Å². The first-order valence-electron chi connectivity index (χ1n) is 8.04. The molecular weight excluding hydrogens is 319 g/mol. The summed E-state index contributed by atoms with van der Waals surface area (Å²) in [6.07, 6.45) is 0.946. The number of alkyl halides is 3. The molecule has 0 radical (unpaired) electrons. The third-order valence-corrected chi connectivity index (χ3v) is 3.94. The van der Waals surface area contributed by atoms with Crippen LogP contribution in [0.2, 0.25) is 0 Å². The van der Waals surface area contributed by atoms with E-state index in [1.807, 2.05) is 12.1 Å². The molecular formula is C18H22F3NO2. The smallest absolute Gasteiger partial charge is 0.488 e. The molecule has 132 valence electrons. The number of nitrogens with two attached hydrogens (primary N) is 1. The van der Waals surface area contributed by atoms with E-state index in [9.17, 15) is 13.2 Å². The third kappa shape index (κ3) is 4.94. The van der Waals surface area contributed by atoms with E-state index in [2.05, 4.69) is 18.6 Å². The number of benzene rings is 1. The molecule has 1 aliphatic rings. The largest absolute Gasteiger partial charge is 0.572 e. The molecule has 6 heteroatoms. The van der Waals surface area contributed by atoms with Crippen molar-refractivity contribution in [3.05, 3.63) is 41.7 Å². The first-order valence-corrected chi connectivity index (χ1v) is 8.04. The maximum Gasteiger partial charge on any atom is 0.572 e. The first-order chi connectivity index (χ1) is 11.3. The molecule has 1 aromatic rings. The van der Waals surface area contributed by atoms with E-state index in [1.54, 1.807) is 12.1 Å². The fourth-order valence-electron chi connectivity index (χ4n) is 2.58. The second kappa shape index (κ2) is 7.64. The molecule has 0 atom stereocenters. The normalized spacial score (nSPS) is 15.1. The van der Waals surface area contributed by atoms with Crippen molar-refractivity contribution in [2.45, 2.75) is 52.0 Å². The first kappa shape index (κ1) is 18.2. The van der Waals surface area contributed by atoms with Gasteiger partial charge >= 0.3 is 6.36 Å². The van der Waals surface area contributed by atoms with Crippen LogP contribution >= 0.6 is 0 Å². The Morgan fingerprint density at radius 1 is 1.12 bits per heavy atom. The highest BCUT2D eigenvalue weighted by Gasteiger charge is 2.32. The molecule has 2 rings (SSSR count). The van der Waals surface area contributed by atoms with E-state index in [4.69, 9.17) is 10.5 Å². The van der Waals surface area contributed by atoms with E-state index in [0.717, 1.165) is 24.0 Å². The number of ether oxygens (including phenoxy) is 2. The molecule has 2 N–H and O–H groups in total. The summed E-state index contributed by atoms with van der Waals surface area (Å²) in [5, 5.41) is 0. The summed E-state index contributed by atoms with van der Waals surface area (Å²) >= 11 is 0. The van der Waals surface area contributed by atoms with Gasteiger partial charge in [-0.05, 0) is 48.6 Å². The van der Waals surface area contributed by atoms with Crippen LogP contribution in [-0.4, -0.2) is 12.5 Å². The second-order valence-corrected chi connectivity index (χ2v) is 5.68. The number of nitrogen functional groups attached to an aromatic ring is 1. The van der Waals surface area contributed by atoms with Crippen molar-refractivity contribution >= 4 is 11.3 Å². The Kier molecular flexibility index (Phi) is 5.80. The van der Waals surface area contributed by atoms with E-state index < -0.39 is 6.36 Å². The van der Waals surface area contributed by atoms with Gasteiger partial charge in [0, 0.05) is 6.42 Å². The van der Waals surface area contributed by atoms with Gasteiger partial charge in [-0.25, -0.2) is 0 Å². The summed E-state index contributed by atoms with van der Waals surface area (Å²) in [7, 11) is 0. The molecule has 0 saturated heterocycles. The lowest BCUT2D eigenvalue weighted by Gasteiger charge is -2.19. The lowest BCUT2D eigenvalue weighted by atomic mass is 9.96. The SMILES string of the molecule is CCC(CC)Oc1ccc(C2=CC=C(OC(F)(F)F)CC2)cc1N. The van der Waals surface area contributed by atoms with Crippen LogP contribution in [0.4, 0.5) is 18.9 Å². The zero-order chi connectivity index (χ0) is 17.7. The monoisotopic (exact) mass is 341 g/mol. The second-order valence-electron chi connectivity index (χ2n) is 5.68. The molecule has 0 aromatic heterocycles. The van der Waals surface area contributed by atoms with Gasteiger partial charge in [-0.15, -0.1) is 13.2 Å². The van der Waals surface area contributed by atoms with Crippen molar-refractivity contribution in [1.29, 1.82) is 0 Å². The van der Waals surface area contributed by atoms with Crippen molar-refractivity contribution in [3.8, 4) is 5.75 Å². The Bertz CT molecular complexity index is 632. The lowest BCUT2D eigenvalue weighted by Crippen LogP contribution is -2.15. The molecule has 0 aliphatic heterocycles. The highest BCUT2D eigenvalue weighted by atomic mass is 19.4. The zero-order valence-electron chi connectivity index (χ0n) is 13.8. The lowest BCUT2D eigenvalue weighted by molar-refractivity contribution is -0.306. The number of hydrogen-bond donors (Lipinski definition) is 1. The van der Waals surface area contributed by atoms with Crippen LogP contribution in [0.5, 0.6) is 5.75 Å². The summed E-state index contributed by atoms with van der Waals surface area (Å²) in [5.41, 5.74) is 8.39. The minimum absolute atomic E-state index is 0.0760. The van der Waals surface area contributed by atoms with Crippen LogP contribution in [0.15, 0.2) is 36.1 Å². The minimum Gasteiger partial charge on any atom is -0.488 e. The summed E-state index contributed by atoms with van der Waals surface area (Å²) in [6.45, 7) is 4.11. The molecule has 0 amide bonds. The predicted octanol–water partition coefficient (Wildman–Crippen LogP) is 5.43. The Hall–Kier alpha value is -2.11. The maximum atomic E-state index is 12.2. The molecule has 0 spiro atoms. The zero-order valence-corrected chi connectivity index (χ0v) is 13.8. The number of hydrogen-bond acceptors (Lipinski definition) is 3. The Morgan fingerprint density at radius 2 is 1.83 bits per heavy atom. The van der Waals surface area contributed by atoms with Crippen molar-refractivity contribution in [1.82, 2.24) is 0 Å². The van der Waals surface area contributed by atoms with E-state index in [0.29, 0.717) is 17.9 Å². The van der Waals surface area contributed by atoms with Crippen LogP contribution in [0.3, 0.4) is 0 Å². The molecule has 1 aliphatic carbocycles.